The molecule has 32 heavy (non-hydrogen) atoms. The Labute approximate surface area is 190 Å². The van der Waals surface area contributed by atoms with E-state index < -0.39 is 0 Å². The van der Waals surface area contributed by atoms with E-state index in [1.807, 2.05) is 0 Å². The Morgan fingerprint density at radius 2 is 1.84 bits per heavy atom. The number of nitrogens with two attached hydrogens (primary N) is 1. The Bertz CT molecular complexity index is 1090. The number of aromatic nitrogens is 4. The Balaban J connectivity index is 1.68. The Morgan fingerprint density at radius 1 is 1.16 bits per heavy atom. The number of carbonyl (C=O) groups is 1. The number of carbonyl (C=O) groups excluding carboxylic acids is 1. The average Bonchev–Trinajstić information content (AvgIpc) is 3.20. The number of nitrogens with zero attached hydrogens (tertiary/aromatic N) is 6. The minimum absolute atomic E-state index is 0.0839. The summed E-state index contributed by atoms with van der Waals surface area (Å²) in [6.07, 6.45) is 1.64. The Hall–Kier alpha value is -3.31. The molecule has 1 aliphatic rings. The molecule has 168 valence electrons. The molecule has 3 aromatic rings. The van der Waals surface area contributed by atoms with Crippen LogP contribution in [0.2, 0.25) is 0 Å². The van der Waals surface area contributed by atoms with Gasteiger partial charge in [0.2, 0.25) is 5.95 Å². The van der Waals surface area contributed by atoms with E-state index in [1.165, 1.54) is 16.2 Å². The molecule has 1 amide bonds. The van der Waals surface area contributed by atoms with Crippen LogP contribution in [-0.2, 0) is 4.74 Å². The quantitative estimate of drug-likeness (QED) is 0.619. The smallest absolute Gasteiger partial charge is 0.327 e. The maximum atomic E-state index is 12.1. The molecule has 4 rings (SSSR count). The van der Waals surface area contributed by atoms with E-state index in [2.05, 4.69) is 38.7 Å². The summed E-state index contributed by atoms with van der Waals surface area (Å²) >= 11 is 1.29. The third-order valence-electron chi connectivity index (χ3n) is 4.96. The van der Waals surface area contributed by atoms with Gasteiger partial charge >= 0.3 is 6.01 Å². The molecule has 1 aromatic carbocycles. The monoisotopic (exact) mass is 455 g/mol. The molecule has 3 heterocycles. The fraction of sp³-hybridized carbons (Fsp3) is 0.381. The van der Waals surface area contributed by atoms with Crippen molar-refractivity contribution in [2.24, 2.45) is 0 Å². The number of nitrogen functional groups attached to an aromatic ring is 1. The van der Waals surface area contributed by atoms with Crippen LogP contribution >= 0.6 is 11.3 Å². The second kappa shape index (κ2) is 9.05. The van der Waals surface area contributed by atoms with Crippen molar-refractivity contribution >= 4 is 28.3 Å². The highest BCUT2D eigenvalue weighted by Gasteiger charge is 2.29. The predicted octanol–water partition coefficient (Wildman–Crippen LogP) is 2.68. The van der Waals surface area contributed by atoms with Crippen LogP contribution in [0.15, 0.2) is 30.5 Å². The Kier molecular flexibility index (Phi) is 6.19. The van der Waals surface area contributed by atoms with Gasteiger partial charge < -0.3 is 25.0 Å². The highest BCUT2D eigenvalue weighted by Crippen LogP contribution is 2.30. The van der Waals surface area contributed by atoms with Gasteiger partial charge in [-0.15, -0.1) is 0 Å². The van der Waals surface area contributed by atoms with Gasteiger partial charge in [-0.05, 0) is 38.1 Å². The molecule has 0 aliphatic carbocycles. The van der Waals surface area contributed by atoms with Gasteiger partial charge in [-0.3, -0.25) is 4.79 Å². The number of ether oxygens (including phenoxy) is 2. The summed E-state index contributed by atoms with van der Waals surface area (Å²) in [5.74, 6) is 1.36. The second-order valence-electron chi connectivity index (χ2n) is 7.77. The van der Waals surface area contributed by atoms with E-state index in [0.29, 0.717) is 41.4 Å². The van der Waals surface area contributed by atoms with Crippen LogP contribution in [0.1, 0.15) is 24.2 Å². The maximum absolute atomic E-state index is 12.1. The number of hydrogen-bond donors (Lipinski definition) is 1. The predicted molar refractivity (Wildman–Crippen MR) is 122 cm³/mol. The number of hydrogen-bond acceptors (Lipinski definition) is 10. The molecule has 0 spiro atoms. The molecule has 2 atom stereocenters. The Morgan fingerprint density at radius 3 is 2.44 bits per heavy atom. The van der Waals surface area contributed by atoms with E-state index in [9.17, 15) is 4.79 Å². The molecule has 2 unspecified atom stereocenters. The van der Waals surface area contributed by atoms with Crippen molar-refractivity contribution in [3.8, 4) is 22.5 Å². The first-order chi connectivity index (χ1) is 15.3. The lowest BCUT2D eigenvalue weighted by Gasteiger charge is -2.38. The molecule has 2 aromatic heterocycles. The van der Waals surface area contributed by atoms with Crippen LogP contribution in [0.5, 0.6) is 11.8 Å². The second-order valence-corrected chi connectivity index (χ2v) is 8.84. The standard InChI is InChI=1S/C21H25N7O3S/c1-12-10-30-11-13(2)28(12)20-24-17(16-9-23-19(22)32-16)25-21(26-20)31-15-7-5-14(6-8-15)18(29)27(3)4/h5-9,12-13H,10-11H2,1-4H3,(H2,22,23). The summed E-state index contributed by atoms with van der Waals surface area (Å²) in [7, 11) is 3.42. The third kappa shape index (κ3) is 4.63. The molecule has 10 nitrogen and oxygen atoms in total. The number of amides is 1. The molecule has 1 aliphatic heterocycles. The lowest BCUT2D eigenvalue weighted by Crippen LogP contribution is -2.50. The lowest BCUT2D eigenvalue weighted by atomic mass is 10.2. The number of benzene rings is 1. The number of morpholine rings is 1. The van der Waals surface area contributed by atoms with Crippen LogP contribution in [0.25, 0.3) is 10.7 Å². The number of anilines is 2. The average molecular weight is 456 g/mol. The molecule has 2 N–H and O–H groups in total. The van der Waals surface area contributed by atoms with Gasteiger partial charge in [0.1, 0.15) is 5.75 Å². The van der Waals surface area contributed by atoms with Crippen molar-refractivity contribution in [1.82, 2.24) is 24.8 Å². The van der Waals surface area contributed by atoms with Gasteiger partial charge in [0.15, 0.2) is 11.0 Å². The fourth-order valence-electron chi connectivity index (χ4n) is 3.44. The highest BCUT2D eigenvalue weighted by atomic mass is 32.1. The number of rotatable bonds is 5. The van der Waals surface area contributed by atoms with Crippen LogP contribution in [-0.4, -0.2) is 70.1 Å². The summed E-state index contributed by atoms with van der Waals surface area (Å²) in [5.41, 5.74) is 6.37. The summed E-state index contributed by atoms with van der Waals surface area (Å²) in [4.78, 5) is 34.3. The minimum Gasteiger partial charge on any atom is -0.424 e. The molecule has 0 radical (unpaired) electrons. The van der Waals surface area contributed by atoms with Gasteiger partial charge in [0.25, 0.3) is 5.91 Å². The zero-order chi connectivity index (χ0) is 22.8. The van der Waals surface area contributed by atoms with Crippen molar-refractivity contribution in [3.05, 3.63) is 36.0 Å². The van der Waals surface area contributed by atoms with E-state index in [4.69, 9.17) is 15.2 Å². The van der Waals surface area contributed by atoms with Crippen molar-refractivity contribution < 1.29 is 14.3 Å². The summed E-state index contributed by atoms with van der Waals surface area (Å²) < 4.78 is 11.6. The summed E-state index contributed by atoms with van der Waals surface area (Å²) in [5, 5.41) is 0.429. The minimum atomic E-state index is -0.0839. The molecule has 1 saturated heterocycles. The summed E-state index contributed by atoms with van der Waals surface area (Å²) in [6, 6.07) is 7.16. The van der Waals surface area contributed by atoms with Crippen molar-refractivity contribution in [2.75, 3.05) is 37.9 Å². The highest BCUT2D eigenvalue weighted by molar-refractivity contribution is 7.18. The molecule has 1 fully saturated rings. The normalized spacial score (nSPS) is 18.4. The van der Waals surface area contributed by atoms with Crippen LogP contribution in [0.3, 0.4) is 0 Å². The first-order valence-corrected chi connectivity index (χ1v) is 11.0. The van der Waals surface area contributed by atoms with Crippen molar-refractivity contribution in [1.29, 1.82) is 0 Å². The topological polar surface area (TPSA) is 120 Å². The van der Waals surface area contributed by atoms with E-state index in [0.717, 1.165) is 4.88 Å². The first-order valence-electron chi connectivity index (χ1n) is 10.1. The largest absolute Gasteiger partial charge is 0.424 e. The third-order valence-corrected chi connectivity index (χ3v) is 5.78. The van der Waals surface area contributed by atoms with Gasteiger partial charge in [-0.25, -0.2) is 4.98 Å². The van der Waals surface area contributed by atoms with Crippen molar-refractivity contribution in [2.45, 2.75) is 25.9 Å². The van der Waals surface area contributed by atoms with Gasteiger partial charge in [-0.2, -0.15) is 15.0 Å². The van der Waals surface area contributed by atoms with Gasteiger partial charge in [0, 0.05) is 19.7 Å². The maximum Gasteiger partial charge on any atom is 0.327 e. The SMILES string of the molecule is CC1COCC(C)N1c1nc(Oc2ccc(C(=O)N(C)C)cc2)nc(-c2cnc(N)s2)n1. The lowest BCUT2D eigenvalue weighted by molar-refractivity contribution is 0.0746. The van der Waals surface area contributed by atoms with Gasteiger partial charge in [0.05, 0.1) is 36.4 Å². The molecular weight excluding hydrogens is 430 g/mol. The fourth-order valence-corrected chi connectivity index (χ4v) is 4.05. The zero-order valence-corrected chi connectivity index (χ0v) is 19.2. The molecule has 0 bridgehead atoms. The number of thiazole rings is 1. The van der Waals surface area contributed by atoms with E-state index >= 15 is 0 Å². The molecule has 0 saturated carbocycles. The van der Waals surface area contributed by atoms with E-state index in [1.54, 1.807) is 44.6 Å². The van der Waals surface area contributed by atoms with Crippen molar-refractivity contribution in [3.63, 3.8) is 0 Å². The molecule has 11 heteroatoms. The van der Waals surface area contributed by atoms with Crippen LogP contribution < -0.4 is 15.4 Å². The van der Waals surface area contributed by atoms with Gasteiger partial charge in [-0.1, -0.05) is 11.3 Å². The van der Waals surface area contributed by atoms with Crippen LogP contribution in [0, 0.1) is 0 Å². The molecular formula is C21H25N7O3S. The summed E-state index contributed by atoms with van der Waals surface area (Å²) in [6.45, 7) is 5.28. The van der Waals surface area contributed by atoms with E-state index in [-0.39, 0.29) is 24.0 Å². The first kappa shape index (κ1) is 21.9. The zero-order valence-electron chi connectivity index (χ0n) is 18.3. The van der Waals surface area contributed by atoms with Crippen LogP contribution in [0.4, 0.5) is 11.1 Å².